The fourth-order valence-electron chi connectivity index (χ4n) is 2.33. The van der Waals surface area contributed by atoms with Crippen LogP contribution >= 0.6 is 0 Å². The predicted molar refractivity (Wildman–Crippen MR) is 99.1 cm³/mol. The van der Waals surface area contributed by atoms with Gasteiger partial charge < -0.3 is 14.8 Å². The maximum Gasteiger partial charge on any atom is 0.339 e. The first-order chi connectivity index (χ1) is 13.2. The molecule has 1 amide bonds. The number of hydrogen-bond donors (Lipinski definition) is 2. The summed E-state index contributed by atoms with van der Waals surface area (Å²) in [5.74, 6) is -2.23. The molecule has 0 aliphatic heterocycles. The van der Waals surface area contributed by atoms with Gasteiger partial charge in [0.05, 0.1) is 31.5 Å². The molecule has 0 aromatic heterocycles. The zero-order chi connectivity index (χ0) is 20.9. The molecular weight excluding hydrogens is 391 g/mol. The lowest BCUT2D eigenvalue weighted by Gasteiger charge is -2.17. The van der Waals surface area contributed by atoms with Crippen molar-refractivity contribution in [3.63, 3.8) is 0 Å². The lowest BCUT2D eigenvalue weighted by atomic mass is 10.1. The Morgan fingerprint density at radius 2 is 1.79 bits per heavy atom. The molecule has 2 aromatic rings. The minimum atomic E-state index is -4.26. The third-order valence-corrected chi connectivity index (χ3v) is 5.29. The van der Waals surface area contributed by atoms with Gasteiger partial charge in [-0.2, -0.15) is 4.72 Å². The van der Waals surface area contributed by atoms with Gasteiger partial charge in [-0.3, -0.25) is 4.79 Å². The number of para-hydroxylation sites is 1. The number of benzene rings is 2. The first-order valence-electron chi connectivity index (χ1n) is 8.03. The van der Waals surface area contributed by atoms with E-state index in [1.54, 1.807) is 12.1 Å². The number of anilines is 1. The van der Waals surface area contributed by atoms with Gasteiger partial charge in [0.2, 0.25) is 15.9 Å². The number of esters is 1. The van der Waals surface area contributed by atoms with E-state index in [-0.39, 0.29) is 17.0 Å². The van der Waals surface area contributed by atoms with E-state index in [2.05, 4.69) is 14.8 Å². The molecule has 0 aliphatic carbocycles. The maximum absolute atomic E-state index is 13.5. The highest BCUT2D eigenvalue weighted by atomic mass is 32.2. The number of methoxy groups -OCH3 is 2. The van der Waals surface area contributed by atoms with E-state index in [1.165, 1.54) is 39.3 Å². The smallest absolute Gasteiger partial charge is 0.339 e. The second kappa shape index (κ2) is 8.81. The van der Waals surface area contributed by atoms with Gasteiger partial charge in [0.15, 0.2) is 0 Å². The number of nitrogens with one attached hydrogen (secondary N) is 2. The Bertz CT molecular complexity index is 993. The van der Waals surface area contributed by atoms with Crippen LogP contribution in [0, 0.1) is 5.82 Å². The molecule has 0 heterocycles. The van der Waals surface area contributed by atoms with Crippen molar-refractivity contribution in [2.24, 2.45) is 0 Å². The molecule has 2 aromatic carbocycles. The van der Waals surface area contributed by atoms with Crippen molar-refractivity contribution in [1.29, 1.82) is 0 Å². The van der Waals surface area contributed by atoms with Crippen molar-refractivity contribution in [3.05, 3.63) is 53.8 Å². The number of carbonyl (C=O) groups is 2. The van der Waals surface area contributed by atoms with Crippen molar-refractivity contribution < 1.29 is 31.9 Å². The highest BCUT2D eigenvalue weighted by molar-refractivity contribution is 7.89. The van der Waals surface area contributed by atoms with Crippen LogP contribution < -0.4 is 14.8 Å². The van der Waals surface area contributed by atoms with E-state index >= 15 is 0 Å². The largest absolute Gasteiger partial charge is 0.495 e. The van der Waals surface area contributed by atoms with Crippen LogP contribution in [0.2, 0.25) is 0 Å². The Hall–Kier alpha value is -2.98. The summed E-state index contributed by atoms with van der Waals surface area (Å²) in [6.07, 6.45) is 0. The molecule has 2 rings (SSSR count). The normalized spacial score (nSPS) is 12.1. The maximum atomic E-state index is 13.5. The fraction of sp³-hybridized carbons (Fsp3) is 0.222. The van der Waals surface area contributed by atoms with Gasteiger partial charge in [-0.1, -0.05) is 12.1 Å². The third kappa shape index (κ3) is 4.84. The first-order valence-corrected chi connectivity index (χ1v) is 9.52. The fourth-order valence-corrected chi connectivity index (χ4v) is 3.71. The van der Waals surface area contributed by atoms with Crippen LogP contribution in [0.5, 0.6) is 5.75 Å². The van der Waals surface area contributed by atoms with Gasteiger partial charge in [-0.15, -0.1) is 0 Å². The molecule has 0 saturated carbocycles. The molecule has 150 valence electrons. The topological polar surface area (TPSA) is 111 Å². The number of carbonyl (C=O) groups excluding carboxylic acids is 2. The van der Waals surface area contributed by atoms with Crippen LogP contribution in [-0.2, 0) is 19.6 Å². The Morgan fingerprint density at radius 1 is 1.11 bits per heavy atom. The molecule has 0 fully saturated rings. The number of hydrogen-bond acceptors (Lipinski definition) is 6. The molecule has 8 nitrogen and oxygen atoms in total. The summed E-state index contributed by atoms with van der Waals surface area (Å²) in [5, 5.41) is 2.47. The highest BCUT2D eigenvalue weighted by Crippen LogP contribution is 2.24. The van der Waals surface area contributed by atoms with Crippen LogP contribution in [0.1, 0.15) is 17.3 Å². The number of halogens is 1. The van der Waals surface area contributed by atoms with E-state index in [4.69, 9.17) is 4.74 Å². The molecule has 0 aliphatic rings. The molecule has 0 spiro atoms. The average Bonchev–Trinajstić information content (AvgIpc) is 2.67. The lowest BCUT2D eigenvalue weighted by Crippen LogP contribution is -2.41. The van der Waals surface area contributed by atoms with E-state index in [1.807, 2.05) is 0 Å². The Labute approximate surface area is 161 Å². The van der Waals surface area contributed by atoms with Gasteiger partial charge in [0.25, 0.3) is 0 Å². The third-order valence-electron chi connectivity index (χ3n) is 3.73. The molecule has 1 atom stereocenters. The van der Waals surface area contributed by atoms with Gasteiger partial charge in [0, 0.05) is 0 Å². The summed E-state index contributed by atoms with van der Waals surface area (Å²) in [6.45, 7) is 1.30. The van der Waals surface area contributed by atoms with Crippen LogP contribution in [0.15, 0.2) is 47.4 Å². The van der Waals surface area contributed by atoms with Crippen molar-refractivity contribution >= 4 is 27.6 Å². The van der Waals surface area contributed by atoms with Gasteiger partial charge in [-0.25, -0.2) is 17.6 Å². The number of amides is 1. The predicted octanol–water partition coefficient (Wildman–Crippen LogP) is 1.93. The van der Waals surface area contributed by atoms with E-state index in [0.717, 1.165) is 12.1 Å². The van der Waals surface area contributed by atoms with Crippen molar-refractivity contribution in [2.75, 3.05) is 19.5 Å². The van der Waals surface area contributed by atoms with Crippen LogP contribution in [0.4, 0.5) is 10.1 Å². The Kier molecular flexibility index (Phi) is 6.71. The minimum Gasteiger partial charge on any atom is -0.495 e. The number of ether oxygens (including phenoxy) is 2. The zero-order valence-electron chi connectivity index (χ0n) is 15.4. The average molecular weight is 410 g/mol. The van der Waals surface area contributed by atoms with Gasteiger partial charge in [0.1, 0.15) is 16.5 Å². The number of sulfonamides is 1. The molecule has 1 unspecified atom stereocenters. The van der Waals surface area contributed by atoms with E-state index in [9.17, 15) is 22.4 Å². The molecule has 0 bridgehead atoms. The van der Waals surface area contributed by atoms with Crippen LogP contribution in [0.25, 0.3) is 0 Å². The van der Waals surface area contributed by atoms with Gasteiger partial charge >= 0.3 is 5.97 Å². The second-order valence-electron chi connectivity index (χ2n) is 5.66. The molecule has 0 saturated heterocycles. The summed E-state index contributed by atoms with van der Waals surface area (Å²) >= 11 is 0. The zero-order valence-corrected chi connectivity index (χ0v) is 16.2. The monoisotopic (exact) mass is 410 g/mol. The first kappa shape index (κ1) is 21.3. The number of rotatable bonds is 7. The molecule has 2 N–H and O–H groups in total. The highest BCUT2D eigenvalue weighted by Gasteiger charge is 2.26. The lowest BCUT2D eigenvalue weighted by molar-refractivity contribution is -0.117. The quantitative estimate of drug-likeness (QED) is 0.675. The molecular formula is C18H19FN2O6S. The van der Waals surface area contributed by atoms with Crippen molar-refractivity contribution in [2.45, 2.75) is 17.9 Å². The minimum absolute atomic E-state index is 0.0717. The summed E-state index contributed by atoms with van der Waals surface area (Å²) in [5.41, 5.74) is 0.272. The van der Waals surface area contributed by atoms with E-state index in [0.29, 0.717) is 0 Å². The summed E-state index contributed by atoms with van der Waals surface area (Å²) < 4.78 is 50.3. The SMILES string of the molecule is COC(=O)c1ccccc1NC(=O)C(C)NS(=O)(=O)c1cc(F)ccc1OC. The van der Waals surface area contributed by atoms with Crippen LogP contribution in [0.3, 0.4) is 0 Å². The van der Waals surface area contributed by atoms with E-state index < -0.39 is 38.7 Å². The van der Waals surface area contributed by atoms with Crippen LogP contribution in [-0.4, -0.2) is 40.6 Å². The van der Waals surface area contributed by atoms with Crippen molar-refractivity contribution in [3.8, 4) is 5.75 Å². The van der Waals surface area contributed by atoms with Crippen molar-refractivity contribution in [1.82, 2.24) is 4.72 Å². The molecule has 0 radical (unpaired) electrons. The summed E-state index contributed by atoms with van der Waals surface area (Å²) in [4.78, 5) is 23.7. The van der Waals surface area contributed by atoms with Gasteiger partial charge in [-0.05, 0) is 37.3 Å². The Balaban J connectivity index is 2.21. The standard InChI is InChI=1S/C18H19FN2O6S/c1-11(17(22)20-14-7-5-4-6-13(14)18(23)27-3)21-28(24,25)16-10-12(19)8-9-15(16)26-2/h4-11,21H,1-3H3,(H,20,22). The molecule has 28 heavy (non-hydrogen) atoms. The summed E-state index contributed by atoms with van der Waals surface area (Å²) in [6, 6.07) is 7.88. The Morgan fingerprint density at radius 3 is 2.43 bits per heavy atom. The second-order valence-corrected chi connectivity index (χ2v) is 7.35. The molecule has 10 heteroatoms. The summed E-state index contributed by atoms with van der Waals surface area (Å²) in [7, 11) is -1.82.